The predicted molar refractivity (Wildman–Crippen MR) is 78.0 cm³/mol. The lowest BCUT2D eigenvalue weighted by Crippen LogP contribution is -2.12. The Labute approximate surface area is 124 Å². The quantitative estimate of drug-likeness (QED) is 0.911. The number of amides is 1. The van der Waals surface area contributed by atoms with Gasteiger partial charge >= 0.3 is 5.97 Å². The smallest absolute Gasteiger partial charge is 0.337 e. The third kappa shape index (κ3) is 2.97. The first kappa shape index (κ1) is 14.5. The maximum absolute atomic E-state index is 12.1. The number of halogens is 1. The summed E-state index contributed by atoms with van der Waals surface area (Å²) in [5.74, 6) is -1.39. The molecule has 0 unspecified atom stereocenters. The van der Waals surface area contributed by atoms with Crippen molar-refractivity contribution < 1.29 is 14.7 Å². The van der Waals surface area contributed by atoms with Crippen molar-refractivity contribution in [1.82, 2.24) is 4.98 Å². The molecule has 0 spiro atoms. The molecule has 0 bridgehead atoms. The highest BCUT2D eigenvalue weighted by atomic mass is 35.5. The van der Waals surface area contributed by atoms with Crippen LogP contribution in [0.15, 0.2) is 18.2 Å². The van der Waals surface area contributed by atoms with Crippen molar-refractivity contribution in [1.29, 1.82) is 0 Å². The second-order valence-electron chi connectivity index (χ2n) is 4.10. The van der Waals surface area contributed by atoms with Gasteiger partial charge in [0.2, 0.25) is 0 Å². The van der Waals surface area contributed by atoms with E-state index in [-0.39, 0.29) is 16.5 Å². The molecule has 0 radical (unpaired) electrons. The molecule has 1 aromatic heterocycles. The minimum atomic E-state index is -1.11. The molecule has 2 N–H and O–H groups in total. The zero-order chi connectivity index (χ0) is 14.9. The van der Waals surface area contributed by atoms with Crippen LogP contribution < -0.4 is 5.32 Å². The number of aryl methyl sites for hydroxylation is 2. The van der Waals surface area contributed by atoms with Gasteiger partial charge < -0.3 is 10.4 Å². The van der Waals surface area contributed by atoms with Gasteiger partial charge in [0.05, 0.1) is 21.3 Å². The lowest BCUT2D eigenvalue weighted by Gasteiger charge is -2.06. The van der Waals surface area contributed by atoms with Crippen molar-refractivity contribution in [2.45, 2.75) is 13.8 Å². The molecular formula is C13H11ClN2O3S. The van der Waals surface area contributed by atoms with Crippen LogP contribution in [0.25, 0.3) is 0 Å². The fourth-order valence-corrected chi connectivity index (χ4v) is 2.77. The van der Waals surface area contributed by atoms with E-state index in [1.165, 1.54) is 29.5 Å². The van der Waals surface area contributed by atoms with Crippen LogP contribution in [0.5, 0.6) is 0 Å². The van der Waals surface area contributed by atoms with E-state index in [4.69, 9.17) is 16.7 Å². The molecule has 7 heteroatoms. The molecule has 0 fully saturated rings. The van der Waals surface area contributed by atoms with Crippen LogP contribution in [0, 0.1) is 13.8 Å². The molecule has 1 heterocycles. The molecule has 2 aromatic rings. The van der Waals surface area contributed by atoms with E-state index in [0.717, 1.165) is 5.01 Å². The second kappa shape index (κ2) is 5.60. The number of thiazole rings is 1. The normalized spacial score (nSPS) is 10.3. The van der Waals surface area contributed by atoms with Gasteiger partial charge in [0.15, 0.2) is 0 Å². The Kier molecular flexibility index (Phi) is 4.06. The van der Waals surface area contributed by atoms with Gasteiger partial charge in [-0.05, 0) is 32.0 Å². The van der Waals surface area contributed by atoms with Crippen molar-refractivity contribution >= 4 is 40.5 Å². The minimum Gasteiger partial charge on any atom is -0.478 e. The number of nitrogens with one attached hydrogen (secondary N) is 1. The highest BCUT2D eigenvalue weighted by molar-refractivity contribution is 7.13. The van der Waals surface area contributed by atoms with Crippen molar-refractivity contribution in [2.75, 3.05) is 5.32 Å². The molecule has 1 amide bonds. The molecule has 1 aromatic carbocycles. The highest BCUT2D eigenvalue weighted by Gasteiger charge is 2.15. The summed E-state index contributed by atoms with van der Waals surface area (Å²) in [6, 6.07) is 4.26. The number of carbonyl (C=O) groups excluding carboxylic acids is 1. The van der Waals surface area contributed by atoms with Gasteiger partial charge in [-0.3, -0.25) is 4.79 Å². The molecule has 104 valence electrons. The first-order valence-electron chi connectivity index (χ1n) is 5.66. The van der Waals surface area contributed by atoms with Crippen molar-refractivity contribution in [2.24, 2.45) is 0 Å². The number of carboxylic acid groups (broad SMARTS) is 1. The Bertz CT molecular complexity index is 697. The van der Waals surface area contributed by atoms with Crippen LogP contribution in [0.4, 0.5) is 5.69 Å². The van der Waals surface area contributed by atoms with Gasteiger partial charge in [-0.1, -0.05) is 11.6 Å². The number of hydrogen-bond donors (Lipinski definition) is 2. The topological polar surface area (TPSA) is 79.3 Å². The summed E-state index contributed by atoms with van der Waals surface area (Å²) in [5.41, 5.74) is 1.10. The summed E-state index contributed by atoms with van der Waals surface area (Å²) in [5, 5.41) is 12.4. The van der Waals surface area contributed by atoms with E-state index >= 15 is 0 Å². The number of anilines is 1. The summed E-state index contributed by atoms with van der Waals surface area (Å²) in [7, 11) is 0. The molecule has 0 saturated heterocycles. The molecular weight excluding hydrogens is 300 g/mol. The molecule has 20 heavy (non-hydrogen) atoms. The standard InChI is InChI=1S/C13H11ClN2O3S/c1-6-11(20-7(2)15-6)12(17)16-8-3-4-9(13(18)19)10(14)5-8/h3-5H,1-2H3,(H,16,17)(H,18,19). The molecule has 0 aliphatic carbocycles. The van der Waals surface area contributed by atoms with Crippen LogP contribution in [0.1, 0.15) is 30.7 Å². The molecule has 2 rings (SSSR count). The van der Waals surface area contributed by atoms with E-state index in [1.54, 1.807) is 6.92 Å². The molecule has 0 saturated carbocycles. The van der Waals surface area contributed by atoms with E-state index < -0.39 is 5.97 Å². The number of carboxylic acids is 1. The molecule has 0 atom stereocenters. The Morgan fingerprint density at radius 3 is 2.55 bits per heavy atom. The fourth-order valence-electron chi connectivity index (χ4n) is 1.70. The summed E-state index contributed by atoms with van der Waals surface area (Å²) < 4.78 is 0. The molecule has 5 nitrogen and oxygen atoms in total. The highest BCUT2D eigenvalue weighted by Crippen LogP contribution is 2.23. The van der Waals surface area contributed by atoms with Crippen LogP contribution in [0.2, 0.25) is 5.02 Å². The number of nitrogens with zero attached hydrogens (tertiary/aromatic N) is 1. The van der Waals surface area contributed by atoms with E-state index in [0.29, 0.717) is 16.3 Å². The van der Waals surface area contributed by atoms with E-state index in [2.05, 4.69) is 10.3 Å². The molecule has 0 aliphatic rings. The first-order valence-corrected chi connectivity index (χ1v) is 6.86. The van der Waals surface area contributed by atoms with Crippen molar-refractivity contribution in [3.05, 3.63) is 44.4 Å². The number of carbonyl (C=O) groups is 2. The maximum Gasteiger partial charge on any atom is 0.337 e. The lowest BCUT2D eigenvalue weighted by molar-refractivity contribution is 0.0697. The Balaban J connectivity index is 2.22. The molecule has 0 aliphatic heterocycles. The van der Waals surface area contributed by atoms with Gasteiger partial charge in [0.1, 0.15) is 4.88 Å². The predicted octanol–water partition coefficient (Wildman–Crippen LogP) is 3.36. The van der Waals surface area contributed by atoms with E-state index in [9.17, 15) is 9.59 Å². The number of rotatable bonds is 3. The summed E-state index contributed by atoms with van der Waals surface area (Å²) >= 11 is 7.15. The van der Waals surface area contributed by atoms with Crippen LogP contribution >= 0.6 is 22.9 Å². The lowest BCUT2D eigenvalue weighted by atomic mass is 10.2. The van der Waals surface area contributed by atoms with Gasteiger partial charge in [0, 0.05) is 5.69 Å². The fraction of sp³-hybridized carbons (Fsp3) is 0.154. The van der Waals surface area contributed by atoms with Crippen molar-refractivity contribution in [3.8, 4) is 0 Å². The Hall–Kier alpha value is -1.92. The summed E-state index contributed by atoms with van der Waals surface area (Å²) in [6.07, 6.45) is 0. The van der Waals surface area contributed by atoms with Crippen molar-refractivity contribution in [3.63, 3.8) is 0 Å². The second-order valence-corrected chi connectivity index (χ2v) is 5.71. The summed E-state index contributed by atoms with van der Waals surface area (Å²) in [6.45, 7) is 3.59. The zero-order valence-electron chi connectivity index (χ0n) is 10.7. The van der Waals surface area contributed by atoms with Crippen LogP contribution in [0.3, 0.4) is 0 Å². The Morgan fingerprint density at radius 2 is 2.05 bits per heavy atom. The zero-order valence-corrected chi connectivity index (χ0v) is 12.3. The van der Waals surface area contributed by atoms with Gasteiger partial charge in [0.25, 0.3) is 5.91 Å². The number of benzene rings is 1. The third-order valence-electron chi connectivity index (χ3n) is 2.57. The Morgan fingerprint density at radius 1 is 1.35 bits per heavy atom. The minimum absolute atomic E-state index is 0.00511. The summed E-state index contributed by atoms with van der Waals surface area (Å²) in [4.78, 5) is 27.6. The van der Waals surface area contributed by atoms with Crippen LogP contribution in [-0.4, -0.2) is 22.0 Å². The largest absolute Gasteiger partial charge is 0.478 e. The first-order chi connectivity index (χ1) is 9.38. The third-order valence-corrected chi connectivity index (χ3v) is 3.95. The van der Waals surface area contributed by atoms with Gasteiger partial charge in [-0.2, -0.15) is 0 Å². The SMILES string of the molecule is Cc1nc(C)c(C(=O)Nc2ccc(C(=O)O)c(Cl)c2)s1. The van der Waals surface area contributed by atoms with Gasteiger partial charge in [-0.15, -0.1) is 11.3 Å². The number of hydrogen-bond acceptors (Lipinski definition) is 4. The average molecular weight is 311 g/mol. The number of aromatic nitrogens is 1. The van der Waals surface area contributed by atoms with E-state index in [1.807, 2.05) is 6.92 Å². The maximum atomic E-state index is 12.1. The number of aromatic carboxylic acids is 1. The average Bonchev–Trinajstić information content (AvgIpc) is 2.68. The van der Waals surface area contributed by atoms with Gasteiger partial charge in [-0.25, -0.2) is 9.78 Å². The van der Waals surface area contributed by atoms with Crippen LogP contribution in [-0.2, 0) is 0 Å². The monoisotopic (exact) mass is 310 g/mol.